The summed E-state index contributed by atoms with van der Waals surface area (Å²) in [6.45, 7) is 4.01. The van der Waals surface area contributed by atoms with Crippen LogP contribution in [0.25, 0.3) is 22.5 Å². The van der Waals surface area contributed by atoms with E-state index in [-0.39, 0.29) is 5.88 Å². The predicted octanol–water partition coefficient (Wildman–Crippen LogP) is 3.77. The first-order valence-electron chi connectivity index (χ1n) is 7.72. The Hall–Kier alpha value is -2.73. The molecule has 0 N–H and O–H groups in total. The highest BCUT2D eigenvalue weighted by molar-refractivity contribution is 7.86. The maximum absolute atomic E-state index is 11.4. The van der Waals surface area contributed by atoms with Crippen molar-refractivity contribution in [3.05, 3.63) is 65.9 Å². The fourth-order valence-electron chi connectivity index (χ4n) is 2.40. The average molecular weight is 354 g/mol. The molecule has 5 nitrogen and oxygen atoms in total. The van der Waals surface area contributed by atoms with Crippen LogP contribution in [0.15, 0.2) is 54.7 Å². The zero-order valence-electron chi connectivity index (χ0n) is 14.2. The second kappa shape index (κ2) is 6.64. The van der Waals surface area contributed by atoms with E-state index in [1.165, 1.54) is 6.20 Å². The maximum atomic E-state index is 11.4. The molecule has 6 heteroatoms. The maximum Gasteiger partial charge on any atom is 0.307 e. The van der Waals surface area contributed by atoms with Gasteiger partial charge in [-0.3, -0.25) is 0 Å². The third-order valence-electron chi connectivity index (χ3n) is 3.64. The highest BCUT2D eigenvalue weighted by atomic mass is 32.2. The van der Waals surface area contributed by atoms with Crippen LogP contribution in [0.3, 0.4) is 0 Å². The van der Waals surface area contributed by atoms with Crippen molar-refractivity contribution in [2.75, 3.05) is 6.26 Å². The molecule has 3 rings (SSSR count). The molecule has 0 atom stereocenters. The highest BCUT2D eigenvalue weighted by Crippen LogP contribution is 2.30. The van der Waals surface area contributed by atoms with Crippen molar-refractivity contribution in [3.63, 3.8) is 0 Å². The quantitative estimate of drug-likeness (QED) is 0.667. The molecule has 128 valence electrons. The molecule has 3 aromatic rings. The van der Waals surface area contributed by atoms with Gasteiger partial charge in [0.25, 0.3) is 5.88 Å². The van der Waals surface area contributed by atoms with E-state index in [0.29, 0.717) is 11.4 Å². The molecule has 25 heavy (non-hydrogen) atoms. The van der Waals surface area contributed by atoms with Crippen molar-refractivity contribution in [2.45, 2.75) is 13.8 Å². The Morgan fingerprint density at radius 3 is 1.76 bits per heavy atom. The minimum atomic E-state index is -3.67. The molecular weight excluding hydrogens is 336 g/mol. The molecule has 0 bridgehead atoms. The van der Waals surface area contributed by atoms with Crippen molar-refractivity contribution in [2.24, 2.45) is 0 Å². The van der Waals surface area contributed by atoms with Crippen molar-refractivity contribution < 1.29 is 12.6 Å². The minimum Gasteiger partial charge on any atom is -0.360 e. The smallest absolute Gasteiger partial charge is 0.307 e. The lowest BCUT2D eigenvalue weighted by atomic mass is 10.0. The van der Waals surface area contributed by atoms with Crippen molar-refractivity contribution in [1.82, 2.24) is 9.97 Å². The molecule has 1 aromatic heterocycles. The van der Waals surface area contributed by atoms with Gasteiger partial charge in [-0.1, -0.05) is 59.7 Å². The Labute approximate surface area is 147 Å². The van der Waals surface area contributed by atoms with Crippen LogP contribution < -0.4 is 4.18 Å². The first-order valence-corrected chi connectivity index (χ1v) is 9.54. The van der Waals surface area contributed by atoms with E-state index < -0.39 is 10.1 Å². The summed E-state index contributed by atoms with van der Waals surface area (Å²) in [5, 5.41) is 0. The second-order valence-corrected chi connectivity index (χ2v) is 7.50. The fraction of sp³-hybridized carbons (Fsp3) is 0.158. The topological polar surface area (TPSA) is 69.2 Å². The molecule has 2 aromatic carbocycles. The van der Waals surface area contributed by atoms with Gasteiger partial charge in [0.1, 0.15) is 5.69 Å². The summed E-state index contributed by atoms with van der Waals surface area (Å²) < 4.78 is 27.7. The van der Waals surface area contributed by atoms with E-state index in [2.05, 4.69) is 9.97 Å². The van der Waals surface area contributed by atoms with Gasteiger partial charge in [-0.15, -0.1) is 0 Å². The fourth-order valence-corrected chi connectivity index (χ4v) is 2.79. The highest BCUT2D eigenvalue weighted by Gasteiger charge is 2.15. The van der Waals surface area contributed by atoms with Gasteiger partial charge in [-0.05, 0) is 13.8 Å². The van der Waals surface area contributed by atoms with Crippen LogP contribution in [0.2, 0.25) is 0 Å². The number of aromatic nitrogens is 2. The number of aryl methyl sites for hydroxylation is 2. The molecule has 0 radical (unpaired) electrons. The number of rotatable bonds is 4. The van der Waals surface area contributed by atoms with E-state index in [0.717, 1.165) is 28.5 Å². The van der Waals surface area contributed by atoms with Crippen LogP contribution in [-0.4, -0.2) is 24.6 Å². The lowest BCUT2D eigenvalue weighted by molar-refractivity contribution is 0.481. The normalized spacial score (nSPS) is 11.3. The molecule has 0 saturated heterocycles. The van der Waals surface area contributed by atoms with Gasteiger partial charge in [0.05, 0.1) is 18.1 Å². The van der Waals surface area contributed by atoms with Gasteiger partial charge in [-0.2, -0.15) is 8.42 Å². The number of hydrogen-bond acceptors (Lipinski definition) is 5. The molecule has 0 aliphatic heterocycles. The van der Waals surface area contributed by atoms with Crippen LogP contribution in [0.1, 0.15) is 11.1 Å². The van der Waals surface area contributed by atoms with E-state index in [1.807, 2.05) is 62.4 Å². The summed E-state index contributed by atoms with van der Waals surface area (Å²) >= 11 is 0. The van der Waals surface area contributed by atoms with Gasteiger partial charge in [0, 0.05) is 11.1 Å². The third kappa shape index (κ3) is 4.22. The van der Waals surface area contributed by atoms with Crippen molar-refractivity contribution >= 4 is 10.1 Å². The largest absolute Gasteiger partial charge is 0.360 e. The number of benzene rings is 2. The van der Waals surface area contributed by atoms with E-state index in [1.54, 1.807) is 0 Å². The van der Waals surface area contributed by atoms with E-state index in [4.69, 9.17) is 4.18 Å². The Kier molecular flexibility index (Phi) is 4.55. The van der Waals surface area contributed by atoms with Crippen LogP contribution in [-0.2, 0) is 10.1 Å². The average Bonchev–Trinajstić information content (AvgIpc) is 2.55. The molecule has 0 aliphatic rings. The molecule has 0 aliphatic carbocycles. The Morgan fingerprint density at radius 2 is 1.28 bits per heavy atom. The van der Waals surface area contributed by atoms with Gasteiger partial charge >= 0.3 is 10.1 Å². The summed E-state index contributed by atoms with van der Waals surface area (Å²) in [5.74, 6) is -0.0473. The molecule has 0 saturated carbocycles. The first kappa shape index (κ1) is 17.1. The van der Waals surface area contributed by atoms with Gasteiger partial charge in [0.2, 0.25) is 0 Å². The predicted molar refractivity (Wildman–Crippen MR) is 97.8 cm³/mol. The number of nitrogens with zero attached hydrogens (tertiary/aromatic N) is 2. The summed E-state index contributed by atoms with van der Waals surface area (Å²) in [4.78, 5) is 8.80. The minimum absolute atomic E-state index is 0.0473. The molecule has 0 spiro atoms. The van der Waals surface area contributed by atoms with Gasteiger partial charge in [0.15, 0.2) is 0 Å². The van der Waals surface area contributed by atoms with Crippen LogP contribution in [0.4, 0.5) is 0 Å². The Bertz CT molecular complexity index is 996. The molecule has 0 fully saturated rings. The standard InChI is InChI=1S/C19H18N2O3S/c1-13-4-8-15(9-5-13)18-19(16-10-6-14(2)7-11-16)21-17(12-20-18)24-25(3,22)23/h4-12H,1-3H3. The van der Waals surface area contributed by atoms with Crippen LogP contribution in [0, 0.1) is 13.8 Å². The zero-order chi connectivity index (χ0) is 18.0. The van der Waals surface area contributed by atoms with E-state index in [9.17, 15) is 8.42 Å². The second-order valence-electron chi connectivity index (χ2n) is 5.92. The molecular formula is C19H18N2O3S. The number of hydrogen-bond donors (Lipinski definition) is 0. The lowest BCUT2D eigenvalue weighted by Crippen LogP contribution is -2.08. The zero-order valence-corrected chi connectivity index (χ0v) is 15.0. The van der Waals surface area contributed by atoms with Crippen LogP contribution in [0.5, 0.6) is 5.88 Å². The summed E-state index contributed by atoms with van der Waals surface area (Å²) in [7, 11) is -3.67. The molecule has 1 heterocycles. The summed E-state index contributed by atoms with van der Waals surface area (Å²) in [6, 6.07) is 15.7. The third-order valence-corrected chi connectivity index (χ3v) is 4.11. The summed E-state index contributed by atoms with van der Waals surface area (Å²) in [5.41, 5.74) is 5.25. The SMILES string of the molecule is Cc1ccc(-c2ncc(OS(C)(=O)=O)nc2-c2ccc(C)cc2)cc1. The lowest BCUT2D eigenvalue weighted by Gasteiger charge is -2.11. The molecule has 0 amide bonds. The van der Waals surface area contributed by atoms with Crippen molar-refractivity contribution in [1.29, 1.82) is 0 Å². The van der Waals surface area contributed by atoms with Gasteiger partial charge in [-0.25, -0.2) is 9.97 Å². The van der Waals surface area contributed by atoms with Crippen LogP contribution >= 0.6 is 0 Å². The van der Waals surface area contributed by atoms with Gasteiger partial charge < -0.3 is 4.18 Å². The Balaban J connectivity index is 2.16. The van der Waals surface area contributed by atoms with E-state index >= 15 is 0 Å². The first-order chi connectivity index (χ1) is 11.8. The summed E-state index contributed by atoms with van der Waals surface area (Å²) in [6.07, 6.45) is 2.31. The monoisotopic (exact) mass is 354 g/mol. The Morgan fingerprint density at radius 1 is 0.800 bits per heavy atom. The van der Waals surface area contributed by atoms with Crippen molar-refractivity contribution in [3.8, 4) is 28.4 Å². The molecule has 0 unspecified atom stereocenters.